The molecule has 116 valence electrons. The average molecular weight is 293 g/mol. The van der Waals surface area contributed by atoms with Crippen LogP contribution in [0, 0.1) is 5.41 Å². The van der Waals surface area contributed by atoms with Gasteiger partial charge in [0.2, 0.25) is 5.89 Å². The van der Waals surface area contributed by atoms with Crippen LogP contribution < -0.4 is 0 Å². The van der Waals surface area contributed by atoms with Crippen molar-refractivity contribution in [3.05, 3.63) is 11.7 Å². The summed E-state index contributed by atoms with van der Waals surface area (Å²) in [6.45, 7) is 4.13. The van der Waals surface area contributed by atoms with Crippen LogP contribution in [-0.2, 0) is 11.3 Å². The molecule has 2 heterocycles. The second-order valence-corrected chi connectivity index (χ2v) is 6.47. The van der Waals surface area contributed by atoms with E-state index in [9.17, 15) is 9.90 Å². The predicted octanol–water partition coefficient (Wildman–Crippen LogP) is 2.41. The number of nitrogens with zero attached hydrogens (tertiary/aromatic N) is 3. The van der Waals surface area contributed by atoms with Crippen molar-refractivity contribution in [1.82, 2.24) is 15.0 Å². The lowest BCUT2D eigenvalue weighted by Crippen LogP contribution is -2.47. The standard InChI is InChI=1S/C15H23N3O3/c1-2-6-15(14(19)20)7-3-8-18(10-15)9-12-16-13(21-17-12)11-4-5-11/h11H,2-10H2,1H3,(H,19,20). The van der Waals surface area contributed by atoms with Gasteiger partial charge in [0.1, 0.15) is 0 Å². The summed E-state index contributed by atoms with van der Waals surface area (Å²) in [5, 5.41) is 13.6. The summed E-state index contributed by atoms with van der Waals surface area (Å²) in [4.78, 5) is 18.3. The van der Waals surface area contributed by atoms with E-state index < -0.39 is 11.4 Å². The van der Waals surface area contributed by atoms with Gasteiger partial charge in [-0.2, -0.15) is 4.98 Å². The van der Waals surface area contributed by atoms with Gasteiger partial charge in [-0.15, -0.1) is 0 Å². The third kappa shape index (κ3) is 3.10. The molecule has 0 amide bonds. The molecule has 1 unspecified atom stereocenters. The molecule has 6 nitrogen and oxygen atoms in total. The van der Waals surface area contributed by atoms with E-state index in [2.05, 4.69) is 15.0 Å². The van der Waals surface area contributed by atoms with Gasteiger partial charge >= 0.3 is 5.97 Å². The van der Waals surface area contributed by atoms with Gasteiger partial charge < -0.3 is 9.63 Å². The maximum atomic E-state index is 11.7. The minimum Gasteiger partial charge on any atom is -0.481 e. The van der Waals surface area contributed by atoms with Crippen molar-refractivity contribution in [3.63, 3.8) is 0 Å². The number of carboxylic acids is 1. The Morgan fingerprint density at radius 2 is 2.33 bits per heavy atom. The summed E-state index contributed by atoms with van der Waals surface area (Å²) in [7, 11) is 0. The van der Waals surface area contributed by atoms with E-state index in [-0.39, 0.29) is 0 Å². The maximum absolute atomic E-state index is 11.7. The first-order chi connectivity index (χ1) is 10.1. The van der Waals surface area contributed by atoms with E-state index in [1.807, 2.05) is 6.92 Å². The zero-order valence-corrected chi connectivity index (χ0v) is 12.5. The van der Waals surface area contributed by atoms with Gasteiger partial charge in [0.05, 0.1) is 12.0 Å². The molecule has 1 saturated heterocycles. The minimum atomic E-state index is -0.666. The van der Waals surface area contributed by atoms with E-state index in [1.165, 1.54) is 0 Å². The van der Waals surface area contributed by atoms with Crippen molar-refractivity contribution >= 4 is 5.97 Å². The summed E-state index contributed by atoms with van der Waals surface area (Å²) in [6.07, 6.45) is 5.60. The Kier molecular flexibility index (Phi) is 3.97. The van der Waals surface area contributed by atoms with Gasteiger partial charge in [-0.25, -0.2) is 0 Å². The predicted molar refractivity (Wildman–Crippen MR) is 75.8 cm³/mol. The van der Waals surface area contributed by atoms with E-state index in [0.717, 1.165) is 51.0 Å². The Bertz CT molecular complexity index is 508. The number of aromatic nitrogens is 2. The monoisotopic (exact) mass is 293 g/mol. The maximum Gasteiger partial charge on any atom is 0.310 e. The smallest absolute Gasteiger partial charge is 0.310 e. The highest BCUT2D eigenvalue weighted by Gasteiger charge is 2.41. The topological polar surface area (TPSA) is 79.5 Å². The molecule has 1 aromatic rings. The highest BCUT2D eigenvalue weighted by Crippen LogP contribution is 2.39. The molecular formula is C15H23N3O3. The normalized spacial score (nSPS) is 26.9. The largest absolute Gasteiger partial charge is 0.481 e. The number of hydrogen-bond donors (Lipinski definition) is 1. The van der Waals surface area contributed by atoms with Crippen molar-refractivity contribution in [3.8, 4) is 0 Å². The number of aliphatic carboxylic acids is 1. The first-order valence-corrected chi connectivity index (χ1v) is 7.91. The lowest BCUT2D eigenvalue weighted by Gasteiger charge is -2.39. The Balaban J connectivity index is 1.65. The van der Waals surface area contributed by atoms with Crippen LogP contribution in [0.2, 0.25) is 0 Å². The van der Waals surface area contributed by atoms with E-state index in [1.54, 1.807) is 0 Å². The zero-order chi connectivity index (χ0) is 14.9. The van der Waals surface area contributed by atoms with Gasteiger partial charge in [-0.3, -0.25) is 9.69 Å². The van der Waals surface area contributed by atoms with Crippen LogP contribution in [0.1, 0.15) is 63.1 Å². The summed E-state index contributed by atoms with van der Waals surface area (Å²) in [5.41, 5.74) is -0.601. The number of rotatable bonds is 6. The van der Waals surface area contributed by atoms with Crippen molar-refractivity contribution in [2.75, 3.05) is 13.1 Å². The van der Waals surface area contributed by atoms with Crippen LogP contribution in [-0.4, -0.2) is 39.2 Å². The molecular weight excluding hydrogens is 270 g/mol. The van der Waals surface area contributed by atoms with Gasteiger partial charge in [0, 0.05) is 12.5 Å². The van der Waals surface area contributed by atoms with Crippen LogP contribution in [0.3, 0.4) is 0 Å². The summed E-state index contributed by atoms with van der Waals surface area (Å²) in [5.74, 6) is 1.24. The fourth-order valence-electron chi connectivity index (χ4n) is 3.35. The van der Waals surface area contributed by atoms with Crippen molar-refractivity contribution < 1.29 is 14.4 Å². The molecule has 0 bridgehead atoms. The Hall–Kier alpha value is -1.43. The molecule has 6 heteroatoms. The molecule has 2 fully saturated rings. The number of carboxylic acid groups (broad SMARTS) is 1. The third-order valence-electron chi connectivity index (χ3n) is 4.61. The van der Waals surface area contributed by atoms with Gasteiger partial charge in [-0.1, -0.05) is 18.5 Å². The third-order valence-corrected chi connectivity index (χ3v) is 4.61. The van der Waals surface area contributed by atoms with Crippen LogP contribution in [0.25, 0.3) is 0 Å². The molecule has 0 radical (unpaired) electrons. The second kappa shape index (κ2) is 5.75. The molecule has 1 aliphatic heterocycles. The molecule has 3 rings (SSSR count). The first-order valence-electron chi connectivity index (χ1n) is 7.91. The van der Waals surface area contributed by atoms with Crippen LogP contribution >= 0.6 is 0 Å². The molecule has 1 aromatic heterocycles. The van der Waals surface area contributed by atoms with Gasteiger partial charge in [-0.05, 0) is 38.6 Å². The fraction of sp³-hybridized carbons (Fsp3) is 0.800. The molecule has 0 aromatic carbocycles. The molecule has 2 aliphatic rings. The fourth-order valence-corrected chi connectivity index (χ4v) is 3.35. The van der Waals surface area contributed by atoms with Crippen LogP contribution in [0.4, 0.5) is 0 Å². The van der Waals surface area contributed by atoms with E-state index in [4.69, 9.17) is 4.52 Å². The Morgan fingerprint density at radius 3 is 3.00 bits per heavy atom. The SMILES string of the molecule is CCCC1(C(=O)O)CCCN(Cc2noc(C3CC3)n2)C1. The molecule has 1 N–H and O–H groups in total. The molecule has 0 spiro atoms. The molecule has 1 saturated carbocycles. The summed E-state index contributed by atoms with van der Waals surface area (Å²) in [6, 6.07) is 0. The van der Waals surface area contributed by atoms with Crippen LogP contribution in [0.15, 0.2) is 4.52 Å². The van der Waals surface area contributed by atoms with Crippen molar-refractivity contribution in [2.24, 2.45) is 5.41 Å². The Morgan fingerprint density at radius 1 is 1.52 bits per heavy atom. The second-order valence-electron chi connectivity index (χ2n) is 6.47. The minimum absolute atomic E-state index is 0.464. The van der Waals surface area contributed by atoms with Crippen molar-refractivity contribution in [2.45, 2.75) is 57.9 Å². The highest BCUT2D eigenvalue weighted by molar-refractivity contribution is 5.75. The molecule has 1 aliphatic carbocycles. The first kappa shape index (κ1) is 14.5. The quantitative estimate of drug-likeness (QED) is 0.867. The Labute approximate surface area is 124 Å². The van der Waals surface area contributed by atoms with Crippen molar-refractivity contribution in [1.29, 1.82) is 0 Å². The molecule has 1 atom stereocenters. The lowest BCUT2D eigenvalue weighted by molar-refractivity contribution is -0.153. The zero-order valence-electron chi connectivity index (χ0n) is 12.5. The average Bonchev–Trinajstić information content (AvgIpc) is 3.20. The number of hydrogen-bond acceptors (Lipinski definition) is 5. The summed E-state index contributed by atoms with van der Waals surface area (Å²) >= 11 is 0. The lowest BCUT2D eigenvalue weighted by atomic mass is 9.76. The van der Waals surface area contributed by atoms with Gasteiger partial charge in [0.25, 0.3) is 0 Å². The number of carbonyl (C=O) groups is 1. The van der Waals surface area contributed by atoms with E-state index >= 15 is 0 Å². The molecule has 21 heavy (non-hydrogen) atoms. The highest BCUT2D eigenvalue weighted by atomic mass is 16.5. The number of piperidine rings is 1. The van der Waals surface area contributed by atoms with Gasteiger partial charge in [0.15, 0.2) is 5.82 Å². The summed E-state index contributed by atoms with van der Waals surface area (Å²) < 4.78 is 5.27. The van der Waals surface area contributed by atoms with E-state index in [0.29, 0.717) is 24.8 Å². The number of likely N-dealkylation sites (tertiary alicyclic amines) is 1. The van der Waals surface area contributed by atoms with Crippen LogP contribution in [0.5, 0.6) is 0 Å².